The van der Waals surface area contributed by atoms with Gasteiger partial charge < -0.3 is 5.32 Å². The molecule has 2 aromatic carbocycles. The van der Waals surface area contributed by atoms with E-state index in [1.54, 1.807) is 0 Å². The Labute approximate surface area is 129 Å². The van der Waals surface area contributed by atoms with Crippen LogP contribution in [0.2, 0.25) is 0 Å². The quantitative estimate of drug-likeness (QED) is 0.783. The molecule has 0 spiro atoms. The molecule has 3 heteroatoms. The number of hydrogen-bond donors (Lipinski definition) is 1. The third-order valence-corrected chi connectivity index (χ3v) is 5.59. The molecule has 0 aromatic heterocycles. The van der Waals surface area contributed by atoms with E-state index in [1.807, 2.05) is 14.0 Å². The van der Waals surface area contributed by atoms with Crippen molar-refractivity contribution in [3.05, 3.63) is 59.2 Å². The summed E-state index contributed by atoms with van der Waals surface area (Å²) in [5.41, 5.74) is 6.74. The zero-order chi connectivity index (χ0) is 14.8. The molecular formula is C18H21NOS. The molecule has 0 aliphatic heterocycles. The molecule has 2 nitrogen and oxygen atoms in total. The van der Waals surface area contributed by atoms with E-state index in [0.29, 0.717) is 11.5 Å². The normalized spacial score (nSPS) is 15.3. The van der Waals surface area contributed by atoms with Crippen LogP contribution in [0.3, 0.4) is 0 Å². The second-order valence-corrected chi connectivity index (χ2v) is 7.28. The number of fused-ring (bicyclic) bond motifs is 3. The Hall–Kier alpha value is -1.45. The highest BCUT2D eigenvalue weighted by atomic mass is 32.2. The van der Waals surface area contributed by atoms with Gasteiger partial charge in [-0.25, -0.2) is 0 Å². The first-order valence-corrected chi connectivity index (χ1v) is 8.95. The van der Waals surface area contributed by atoms with E-state index in [1.165, 1.54) is 27.8 Å². The smallest absolute Gasteiger partial charge is 0.0434 e. The molecule has 2 unspecified atom stereocenters. The van der Waals surface area contributed by atoms with Gasteiger partial charge in [0, 0.05) is 28.3 Å². The van der Waals surface area contributed by atoms with Crippen LogP contribution < -0.4 is 5.32 Å². The average molecular weight is 299 g/mol. The third-order valence-electron chi connectivity index (χ3n) is 4.24. The molecule has 0 heterocycles. The van der Waals surface area contributed by atoms with Crippen molar-refractivity contribution in [1.82, 2.24) is 5.32 Å². The standard InChI is InChI=1S/C18H21NOS/c1-3-21(20)12-18(19-2)14-8-9-17-15(11-14)10-13-6-4-5-7-16(13)17/h4-9,11,18-19H,3,10,12H2,1-2H3. The van der Waals surface area contributed by atoms with Crippen molar-refractivity contribution in [3.63, 3.8) is 0 Å². The summed E-state index contributed by atoms with van der Waals surface area (Å²) in [4.78, 5) is 0. The Morgan fingerprint density at radius 3 is 2.67 bits per heavy atom. The third kappa shape index (κ3) is 2.81. The van der Waals surface area contributed by atoms with Gasteiger partial charge in [0.2, 0.25) is 0 Å². The molecule has 0 amide bonds. The molecular weight excluding hydrogens is 278 g/mol. The molecule has 0 saturated heterocycles. The minimum Gasteiger partial charge on any atom is -0.312 e. The molecule has 2 aromatic rings. The van der Waals surface area contributed by atoms with E-state index in [0.717, 1.165) is 6.42 Å². The summed E-state index contributed by atoms with van der Waals surface area (Å²) in [6.45, 7) is 1.97. The second-order valence-electron chi connectivity index (χ2n) is 5.49. The van der Waals surface area contributed by atoms with Crippen LogP contribution in [0.5, 0.6) is 0 Å². The van der Waals surface area contributed by atoms with E-state index in [-0.39, 0.29) is 6.04 Å². The summed E-state index contributed by atoms with van der Waals surface area (Å²) in [6.07, 6.45) is 1.01. The van der Waals surface area contributed by atoms with Crippen molar-refractivity contribution >= 4 is 10.8 Å². The van der Waals surface area contributed by atoms with Crippen LogP contribution >= 0.6 is 0 Å². The van der Waals surface area contributed by atoms with Gasteiger partial charge in [-0.3, -0.25) is 4.21 Å². The first-order valence-electron chi connectivity index (χ1n) is 7.46. The molecule has 0 radical (unpaired) electrons. The zero-order valence-electron chi connectivity index (χ0n) is 12.6. The van der Waals surface area contributed by atoms with Crippen molar-refractivity contribution in [1.29, 1.82) is 0 Å². The molecule has 21 heavy (non-hydrogen) atoms. The average Bonchev–Trinajstić information content (AvgIpc) is 2.89. The van der Waals surface area contributed by atoms with E-state index in [4.69, 9.17) is 0 Å². The molecule has 0 fully saturated rings. The monoisotopic (exact) mass is 299 g/mol. The Morgan fingerprint density at radius 2 is 1.90 bits per heavy atom. The SMILES string of the molecule is CCS(=O)CC(NC)c1ccc2c(c1)Cc1ccccc1-2. The van der Waals surface area contributed by atoms with E-state index in [9.17, 15) is 4.21 Å². The Kier molecular flexibility index (Phi) is 4.22. The molecule has 2 atom stereocenters. The van der Waals surface area contributed by atoms with Crippen molar-refractivity contribution < 1.29 is 4.21 Å². The lowest BCUT2D eigenvalue weighted by Gasteiger charge is -2.17. The summed E-state index contributed by atoms with van der Waals surface area (Å²) in [5, 5.41) is 3.30. The maximum atomic E-state index is 11.8. The summed E-state index contributed by atoms with van der Waals surface area (Å²) in [6, 6.07) is 15.4. The van der Waals surface area contributed by atoms with Crippen LogP contribution in [0.4, 0.5) is 0 Å². The van der Waals surface area contributed by atoms with Crippen molar-refractivity contribution in [2.45, 2.75) is 19.4 Å². The van der Waals surface area contributed by atoms with Gasteiger partial charge in [0.05, 0.1) is 0 Å². The minimum absolute atomic E-state index is 0.166. The number of hydrogen-bond acceptors (Lipinski definition) is 2. The topological polar surface area (TPSA) is 29.1 Å². The minimum atomic E-state index is -0.758. The Balaban J connectivity index is 1.91. The van der Waals surface area contributed by atoms with Crippen LogP contribution in [-0.2, 0) is 17.2 Å². The molecule has 110 valence electrons. The van der Waals surface area contributed by atoms with Crippen molar-refractivity contribution in [2.24, 2.45) is 0 Å². The Bertz CT molecular complexity index is 681. The molecule has 1 N–H and O–H groups in total. The molecule has 0 bridgehead atoms. The van der Waals surface area contributed by atoms with Crippen LogP contribution in [0.15, 0.2) is 42.5 Å². The lowest BCUT2D eigenvalue weighted by Crippen LogP contribution is -2.23. The molecule has 0 saturated carbocycles. The van der Waals surface area contributed by atoms with Gasteiger partial charge in [0.1, 0.15) is 0 Å². The van der Waals surface area contributed by atoms with E-state index in [2.05, 4.69) is 47.8 Å². The Morgan fingerprint density at radius 1 is 1.14 bits per heavy atom. The van der Waals surface area contributed by atoms with Crippen molar-refractivity contribution in [3.8, 4) is 11.1 Å². The number of rotatable bonds is 5. The van der Waals surface area contributed by atoms with Gasteiger partial charge in [0.25, 0.3) is 0 Å². The second kappa shape index (κ2) is 6.12. The lowest BCUT2D eigenvalue weighted by atomic mass is 10.0. The summed E-state index contributed by atoms with van der Waals surface area (Å²) >= 11 is 0. The van der Waals surface area contributed by atoms with Crippen LogP contribution in [-0.4, -0.2) is 22.8 Å². The lowest BCUT2D eigenvalue weighted by molar-refractivity contribution is 0.636. The fourth-order valence-electron chi connectivity index (χ4n) is 3.03. The molecule has 1 aliphatic carbocycles. The molecule has 1 aliphatic rings. The van der Waals surface area contributed by atoms with Crippen LogP contribution in [0.25, 0.3) is 11.1 Å². The predicted octanol–water partition coefficient (Wildman–Crippen LogP) is 3.29. The van der Waals surface area contributed by atoms with Gasteiger partial charge in [-0.05, 0) is 41.3 Å². The predicted molar refractivity (Wildman–Crippen MR) is 90.0 cm³/mol. The van der Waals surface area contributed by atoms with Gasteiger partial charge in [-0.2, -0.15) is 0 Å². The van der Waals surface area contributed by atoms with E-state index < -0.39 is 10.8 Å². The van der Waals surface area contributed by atoms with E-state index >= 15 is 0 Å². The van der Waals surface area contributed by atoms with Crippen LogP contribution in [0.1, 0.15) is 29.7 Å². The van der Waals surface area contributed by atoms with Gasteiger partial charge in [-0.1, -0.05) is 49.4 Å². The zero-order valence-corrected chi connectivity index (χ0v) is 13.4. The van der Waals surface area contributed by atoms with Crippen LogP contribution in [0, 0.1) is 0 Å². The fourth-order valence-corrected chi connectivity index (χ4v) is 4.00. The number of nitrogens with one attached hydrogen (secondary N) is 1. The van der Waals surface area contributed by atoms with Gasteiger partial charge in [0.15, 0.2) is 0 Å². The molecule has 3 rings (SSSR count). The number of benzene rings is 2. The largest absolute Gasteiger partial charge is 0.312 e. The maximum Gasteiger partial charge on any atom is 0.0434 e. The van der Waals surface area contributed by atoms with Gasteiger partial charge >= 0.3 is 0 Å². The first kappa shape index (κ1) is 14.5. The summed E-state index contributed by atoms with van der Waals surface area (Å²) in [7, 11) is 1.19. The highest BCUT2D eigenvalue weighted by Gasteiger charge is 2.20. The highest BCUT2D eigenvalue weighted by molar-refractivity contribution is 7.84. The highest BCUT2D eigenvalue weighted by Crippen LogP contribution is 2.37. The summed E-state index contributed by atoms with van der Waals surface area (Å²) in [5.74, 6) is 1.40. The van der Waals surface area contributed by atoms with Crippen molar-refractivity contribution in [2.75, 3.05) is 18.6 Å². The maximum absolute atomic E-state index is 11.8. The summed E-state index contributed by atoms with van der Waals surface area (Å²) < 4.78 is 11.8. The van der Waals surface area contributed by atoms with Gasteiger partial charge in [-0.15, -0.1) is 0 Å². The first-order chi connectivity index (χ1) is 10.2. The fraction of sp³-hybridized carbons (Fsp3) is 0.333.